The van der Waals surface area contributed by atoms with Gasteiger partial charge in [0.2, 0.25) is 0 Å². The van der Waals surface area contributed by atoms with Crippen LogP contribution < -0.4 is 5.32 Å². The van der Waals surface area contributed by atoms with Crippen molar-refractivity contribution in [3.05, 3.63) is 59.7 Å². The predicted octanol–water partition coefficient (Wildman–Crippen LogP) is 4.02. The normalized spacial score (nSPS) is 14.3. The van der Waals surface area contributed by atoms with Gasteiger partial charge >= 0.3 is 12.1 Å². The Labute approximate surface area is 153 Å². The topological polar surface area (TPSA) is 75.6 Å². The number of carboxylic acids is 1. The summed E-state index contributed by atoms with van der Waals surface area (Å²) in [7, 11) is 0. The average molecular weight is 353 g/mol. The van der Waals surface area contributed by atoms with Crippen molar-refractivity contribution in [3.8, 4) is 11.1 Å². The highest BCUT2D eigenvalue weighted by Crippen LogP contribution is 2.44. The molecule has 0 aromatic heterocycles. The van der Waals surface area contributed by atoms with Gasteiger partial charge in [-0.15, -0.1) is 0 Å². The molecule has 0 heterocycles. The molecule has 26 heavy (non-hydrogen) atoms. The number of nitrogens with one attached hydrogen (secondary N) is 1. The fraction of sp³-hybridized carbons (Fsp3) is 0.333. The lowest BCUT2D eigenvalue weighted by molar-refractivity contribution is -0.143. The number of carboxylic acid groups (broad SMARTS) is 1. The Morgan fingerprint density at radius 3 is 2.08 bits per heavy atom. The number of carbonyl (C=O) groups is 2. The van der Waals surface area contributed by atoms with Gasteiger partial charge in [-0.25, -0.2) is 4.79 Å². The van der Waals surface area contributed by atoms with Crippen LogP contribution >= 0.6 is 0 Å². The Hall–Kier alpha value is -2.82. The SMILES string of the molecule is C[C@H](C(=O)O)C(C)(C)NC(=O)OCC1c2ccccc2-c2ccccc21. The van der Waals surface area contributed by atoms with Crippen molar-refractivity contribution in [1.29, 1.82) is 0 Å². The lowest BCUT2D eigenvalue weighted by Crippen LogP contribution is -2.51. The second-order valence-electron chi connectivity index (χ2n) is 7.23. The van der Waals surface area contributed by atoms with Crippen molar-refractivity contribution in [2.45, 2.75) is 32.2 Å². The molecule has 0 fully saturated rings. The monoisotopic (exact) mass is 353 g/mol. The number of alkyl carbamates (subject to hydrolysis) is 1. The van der Waals surface area contributed by atoms with Crippen molar-refractivity contribution in [2.75, 3.05) is 6.61 Å². The number of rotatable bonds is 5. The number of benzene rings is 2. The van der Waals surface area contributed by atoms with Gasteiger partial charge in [0.05, 0.1) is 11.5 Å². The van der Waals surface area contributed by atoms with Crippen molar-refractivity contribution >= 4 is 12.1 Å². The van der Waals surface area contributed by atoms with E-state index in [4.69, 9.17) is 9.84 Å². The Balaban J connectivity index is 1.72. The van der Waals surface area contributed by atoms with E-state index in [0.717, 1.165) is 22.3 Å². The molecule has 0 bridgehead atoms. The summed E-state index contributed by atoms with van der Waals surface area (Å²) in [6.07, 6.45) is -0.607. The summed E-state index contributed by atoms with van der Waals surface area (Å²) in [4.78, 5) is 23.4. The molecule has 0 saturated heterocycles. The molecular formula is C21H23NO4. The molecule has 0 spiro atoms. The first-order valence-corrected chi connectivity index (χ1v) is 8.67. The van der Waals surface area contributed by atoms with Crippen molar-refractivity contribution in [1.82, 2.24) is 5.32 Å². The number of aliphatic carboxylic acids is 1. The van der Waals surface area contributed by atoms with Crippen LogP contribution in [0.5, 0.6) is 0 Å². The van der Waals surface area contributed by atoms with Crippen LogP contribution in [0.3, 0.4) is 0 Å². The van der Waals surface area contributed by atoms with Crippen LogP contribution in [0.2, 0.25) is 0 Å². The minimum atomic E-state index is -0.964. The lowest BCUT2D eigenvalue weighted by atomic mass is 9.89. The van der Waals surface area contributed by atoms with E-state index >= 15 is 0 Å². The third-order valence-corrected chi connectivity index (χ3v) is 5.22. The van der Waals surface area contributed by atoms with Gasteiger partial charge in [0.15, 0.2) is 0 Å². The molecule has 0 aliphatic heterocycles. The number of hydrogen-bond donors (Lipinski definition) is 2. The van der Waals surface area contributed by atoms with Crippen molar-refractivity contribution in [2.24, 2.45) is 5.92 Å². The van der Waals surface area contributed by atoms with E-state index in [0.29, 0.717) is 0 Å². The second kappa shape index (κ2) is 6.83. The molecule has 1 aliphatic carbocycles. The molecule has 1 atom stereocenters. The van der Waals surface area contributed by atoms with Gasteiger partial charge in [0.1, 0.15) is 6.61 Å². The summed E-state index contributed by atoms with van der Waals surface area (Å²) in [5, 5.41) is 11.8. The fourth-order valence-corrected chi connectivity index (χ4v) is 3.31. The van der Waals surface area contributed by atoms with Gasteiger partial charge in [0.25, 0.3) is 0 Å². The summed E-state index contributed by atoms with van der Waals surface area (Å²) in [6.45, 7) is 5.11. The van der Waals surface area contributed by atoms with Gasteiger partial charge in [0, 0.05) is 5.92 Å². The molecule has 5 nitrogen and oxygen atoms in total. The number of carbonyl (C=O) groups excluding carboxylic acids is 1. The highest BCUT2D eigenvalue weighted by Gasteiger charge is 2.34. The summed E-state index contributed by atoms with van der Waals surface area (Å²) in [6, 6.07) is 16.2. The Bertz CT molecular complexity index is 798. The van der Waals surface area contributed by atoms with Gasteiger partial charge in [-0.05, 0) is 43.0 Å². The molecule has 0 saturated carbocycles. The summed E-state index contributed by atoms with van der Waals surface area (Å²) < 4.78 is 5.46. The van der Waals surface area contributed by atoms with Crippen LogP contribution in [-0.4, -0.2) is 29.3 Å². The van der Waals surface area contributed by atoms with Crippen LogP contribution in [-0.2, 0) is 9.53 Å². The first-order chi connectivity index (χ1) is 12.3. The zero-order chi connectivity index (χ0) is 18.9. The predicted molar refractivity (Wildman–Crippen MR) is 99.1 cm³/mol. The first kappa shape index (κ1) is 18.0. The third-order valence-electron chi connectivity index (χ3n) is 5.22. The van der Waals surface area contributed by atoms with Crippen LogP contribution in [0.1, 0.15) is 37.8 Å². The summed E-state index contributed by atoms with van der Waals surface area (Å²) in [5.74, 6) is -1.72. The molecule has 2 aromatic rings. The fourth-order valence-electron chi connectivity index (χ4n) is 3.31. The van der Waals surface area contributed by atoms with E-state index < -0.39 is 23.5 Å². The zero-order valence-corrected chi connectivity index (χ0v) is 15.2. The molecule has 1 amide bonds. The van der Waals surface area contributed by atoms with E-state index in [1.54, 1.807) is 20.8 Å². The second-order valence-corrected chi connectivity index (χ2v) is 7.23. The van der Waals surface area contributed by atoms with E-state index in [1.807, 2.05) is 24.3 Å². The first-order valence-electron chi connectivity index (χ1n) is 8.67. The Morgan fingerprint density at radius 2 is 1.58 bits per heavy atom. The van der Waals surface area contributed by atoms with Crippen molar-refractivity contribution < 1.29 is 19.4 Å². The van der Waals surface area contributed by atoms with Crippen LogP contribution in [0.15, 0.2) is 48.5 Å². The number of ether oxygens (including phenoxy) is 1. The van der Waals surface area contributed by atoms with Crippen LogP contribution in [0, 0.1) is 5.92 Å². The minimum absolute atomic E-state index is 0.0202. The summed E-state index contributed by atoms with van der Waals surface area (Å²) >= 11 is 0. The van der Waals surface area contributed by atoms with E-state index in [-0.39, 0.29) is 12.5 Å². The lowest BCUT2D eigenvalue weighted by Gasteiger charge is -2.29. The van der Waals surface area contributed by atoms with E-state index in [2.05, 4.69) is 29.6 Å². The molecule has 0 unspecified atom stereocenters. The molecule has 0 radical (unpaired) electrons. The number of fused-ring (bicyclic) bond motifs is 3. The molecule has 2 aromatic carbocycles. The minimum Gasteiger partial charge on any atom is -0.481 e. The van der Waals surface area contributed by atoms with Gasteiger partial charge in [-0.2, -0.15) is 0 Å². The Kier molecular flexibility index (Phi) is 4.72. The largest absolute Gasteiger partial charge is 0.481 e. The smallest absolute Gasteiger partial charge is 0.407 e. The van der Waals surface area contributed by atoms with Crippen LogP contribution in [0.4, 0.5) is 4.79 Å². The van der Waals surface area contributed by atoms with Gasteiger partial charge in [-0.3, -0.25) is 4.79 Å². The number of amides is 1. The molecule has 3 rings (SSSR count). The molecule has 5 heteroatoms. The van der Waals surface area contributed by atoms with Crippen molar-refractivity contribution in [3.63, 3.8) is 0 Å². The van der Waals surface area contributed by atoms with E-state index in [1.165, 1.54) is 0 Å². The highest BCUT2D eigenvalue weighted by molar-refractivity contribution is 5.79. The number of hydrogen-bond acceptors (Lipinski definition) is 3. The van der Waals surface area contributed by atoms with Crippen LogP contribution in [0.25, 0.3) is 11.1 Å². The summed E-state index contributed by atoms with van der Waals surface area (Å²) in [5.41, 5.74) is 3.70. The maximum absolute atomic E-state index is 12.2. The molecule has 136 valence electrons. The molecular weight excluding hydrogens is 330 g/mol. The maximum Gasteiger partial charge on any atom is 0.407 e. The Morgan fingerprint density at radius 1 is 1.08 bits per heavy atom. The third kappa shape index (κ3) is 3.29. The maximum atomic E-state index is 12.2. The van der Waals surface area contributed by atoms with Gasteiger partial charge < -0.3 is 15.2 Å². The zero-order valence-electron chi connectivity index (χ0n) is 15.2. The molecule has 1 aliphatic rings. The van der Waals surface area contributed by atoms with E-state index in [9.17, 15) is 9.59 Å². The highest BCUT2D eigenvalue weighted by atomic mass is 16.5. The molecule has 2 N–H and O–H groups in total. The standard InChI is InChI=1S/C21H23NO4/c1-13(19(23)24)21(2,3)22-20(25)26-12-18-16-10-6-4-8-14(16)15-9-5-7-11-17(15)18/h4-11,13,18H,12H2,1-3H3,(H,22,25)(H,23,24)/t13-/m1/s1. The quantitative estimate of drug-likeness (QED) is 0.851. The van der Waals surface area contributed by atoms with Gasteiger partial charge in [-0.1, -0.05) is 48.5 Å². The average Bonchev–Trinajstić information content (AvgIpc) is 2.93.